The molecule has 0 saturated carbocycles. The maximum absolute atomic E-state index is 8.56. The summed E-state index contributed by atoms with van der Waals surface area (Å²) >= 11 is 2.44. The Balaban J connectivity index is 0.000000423. The first-order chi connectivity index (χ1) is 14.6. The van der Waals surface area contributed by atoms with Crippen LogP contribution in [0.15, 0.2) is 54.6 Å². The van der Waals surface area contributed by atoms with Crippen LogP contribution in [0.1, 0.15) is 20.3 Å². The predicted octanol–water partition coefficient (Wildman–Crippen LogP) is 1.76. The number of aliphatic hydroxyl groups is 2. The summed E-state index contributed by atoms with van der Waals surface area (Å²) in [7, 11) is 8.55. The van der Waals surface area contributed by atoms with Gasteiger partial charge in [-0.1, -0.05) is 0 Å². The molecule has 6 nitrogen and oxygen atoms in total. The molecule has 0 radical (unpaired) electrons. The third-order valence-electron chi connectivity index (χ3n) is 4.89. The molecule has 1 fully saturated rings. The number of benzene rings is 2. The molecule has 2 aromatic rings. The van der Waals surface area contributed by atoms with Crippen LogP contribution in [0.3, 0.4) is 0 Å². The molecule has 2 aromatic carbocycles. The fourth-order valence-electron chi connectivity index (χ4n) is 3.68. The molecule has 0 amide bonds. The summed E-state index contributed by atoms with van der Waals surface area (Å²) < 4.78 is 1.18. The van der Waals surface area contributed by atoms with E-state index < -0.39 is 0 Å². The Bertz CT molecular complexity index is 744. The molecular weight excluding hydrogens is 569 g/mol. The monoisotopic (exact) mass is 602 g/mol. The molecule has 0 bridgehead atoms. The van der Waals surface area contributed by atoms with Gasteiger partial charge in [0.1, 0.15) is 0 Å². The van der Waals surface area contributed by atoms with Gasteiger partial charge in [-0.15, -0.1) is 0 Å². The third kappa shape index (κ3) is 6.77. The third-order valence-corrected chi connectivity index (χ3v) is 5.99. The van der Waals surface area contributed by atoms with Crippen molar-refractivity contribution in [1.29, 1.82) is 0 Å². The zero-order valence-corrected chi connectivity index (χ0v) is 21.5. The molecule has 1 saturated heterocycles. The molecule has 2 N–H and O–H groups in total. The molecule has 0 aliphatic carbocycles. The van der Waals surface area contributed by atoms with Crippen LogP contribution in [0.4, 0.5) is 11.4 Å². The van der Waals surface area contributed by atoms with Crippen molar-refractivity contribution in [2.24, 2.45) is 0 Å². The summed E-state index contributed by atoms with van der Waals surface area (Å²) in [6.07, 6.45) is -0.278. The Kier molecular flexibility index (Phi) is 9.98. The van der Waals surface area contributed by atoms with Crippen LogP contribution < -0.4 is 9.62 Å². The van der Waals surface area contributed by atoms with Crippen LogP contribution in [-0.2, 0) is 19.4 Å². The van der Waals surface area contributed by atoms with Crippen molar-refractivity contribution >= 4 is 29.3 Å². The second-order valence-electron chi connectivity index (χ2n) is 8.25. The van der Waals surface area contributed by atoms with E-state index in [2.05, 4.69) is 115 Å². The van der Waals surface area contributed by atoms with Gasteiger partial charge in [0, 0.05) is 0 Å². The van der Waals surface area contributed by atoms with Crippen LogP contribution in [0, 0.1) is 6.07 Å². The number of para-hydroxylation sites is 2. The van der Waals surface area contributed by atoms with Gasteiger partial charge in [0.05, 0.1) is 12.2 Å². The Morgan fingerprint density at radius 3 is 1.81 bits per heavy atom. The first-order valence-corrected chi connectivity index (χ1v) is 11.6. The summed E-state index contributed by atoms with van der Waals surface area (Å²) in [4.78, 5) is 9.30. The van der Waals surface area contributed by atoms with Crippen molar-refractivity contribution in [1.82, 2.24) is 9.62 Å². The van der Waals surface area contributed by atoms with E-state index in [4.69, 9.17) is 10.2 Å². The normalized spacial score (nSPS) is 16.1. The van der Waals surface area contributed by atoms with E-state index in [0.717, 1.165) is 5.69 Å². The second kappa shape index (κ2) is 12.0. The van der Waals surface area contributed by atoms with Gasteiger partial charge >= 0.3 is 157 Å². The van der Waals surface area contributed by atoms with Crippen LogP contribution in [0.2, 0.25) is 0 Å². The van der Waals surface area contributed by atoms with E-state index in [1.807, 2.05) is 12.1 Å². The van der Waals surface area contributed by atoms with E-state index in [1.165, 1.54) is 9.83 Å². The summed E-state index contributed by atoms with van der Waals surface area (Å²) in [5, 5.41) is 17.1. The van der Waals surface area contributed by atoms with Gasteiger partial charge in [0.25, 0.3) is 0 Å². The van der Waals surface area contributed by atoms with E-state index in [-0.39, 0.29) is 26.0 Å². The van der Waals surface area contributed by atoms with Crippen molar-refractivity contribution in [2.75, 3.05) is 37.8 Å². The van der Waals surface area contributed by atoms with Gasteiger partial charge in [-0.2, -0.15) is 0 Å². The van der Waals surface area contributed by atoms with Crippen LogP contribution in [0.5, 0.6) is 0 Å². The molecule has 2 atom stereocenters. The fraction of sp³-hybridized carbons (Fsp3) is 0.409. The minimum absolute atomic E-state index is 0.186. The number of hydrogen-bond acceptors (Lipinski definition) is 6. The Hall–Kier alpha value is -1.43. The molecule has 0 spiro atoms. The Labute approximate surface area is 199 Å². The van der Waals surface area contributed by atoms with Crippen molar-refractivity contribution in [3.63, 3.8) is 0 Å². The summed E-state index contributed by atoms with van der Waals surface area (Å²) in [5.41, 5.74) is 2.29. The van der Waals surface area contributed by atoms with Crippen LogP contribution in [0.25, 0.3) is 0 Å². The first kappa shape index (κ1) is 25.8. The van der Waals surface area contributed by atoms with E-state index in [0.29, 0.717) is 6.42 Å². The van der Waals surface area contributed by atoms with Gasteiger partial charge in [-0.05, 0) is 20.3 Å². The average Bonchev–Trinajstić information content (AvgIpc) is 3.02. The number of anilines is 2. The molecule has 31 heavy (non-hydrogen) atoms. The fourth-order valence-corrected chi connectivity index (χ4v) is 4.85. The summed E-state index contributed by atoms with van der Waals surface area (Å²) in [5.74, 6) is 0. The van der Waals surface area contributed by atoms with Crippen molar-refractivity contribution in [2.45, 2.75) is 32.5 Å². The zero-order valence-electron chi connectivity index (χ0n) is 19.2. The quantitative estimate of drug-likeness (QED) is 0.389. The average molecular weight is 602 g/mol. The van der Waals surface area contributed by atoms with Gasteiger partial charge < -0.3 is 10.2 Å². The van der Waals surface area contributed by atoms with E-state index >= 15 is 0 Å². The zero-order chi connectivity index (χ0) is 23.1. The number of nitrogens with zero attached hydrogens (tertiary/aromatic N) is 4. The van der Waals surface area contributed by atoms with Crippen molar-refractivity contribution in [3.8, 4) is 0 Å². The molecule has 1 aliphatic rings. The van der Waals surface area contributed by atoms with Crippen LogP contribution in [-0.4, -0.2) is 78.1 Å². The second-order valence-corrected chi connectivity index (χ2v) is 9.27. The molecular formula is C22H33B2N4O2Pt-. The van der Waals surface area contributed by atoms with E-state index in [9.17, 15) is 0 Å². The summed E-state index contributed by atoms with van der Waals surface area (Å²) in [6, 6.07) is 22.1. The number of rotatable bonds is 6. The standard InChI is InChI=1S/C17H21B2N4.C5H12O2.Pt/c1-20(2)18-19(21(3)4)23(17-13-9-6-10-14-17)15-22(18)16-11-7-5-8-12-16;1-4(6)3-5(2)7;/h5-13H,1-4H3;4-7H,3H2,1-2H3;/q-1;;. The predicted molar refractivity (Wildman–Crippen MR) is 129 cm³/mol. The molecule has 0 aromatic heterocycles. The molecule has 1 heterocycles. The minimum atomic E-state index is -0.375. The Morgan fingerprint density at radius 1 is 0.871 bits per heavy atom. The SMILES string of the molecule is CC(O)CC(C)O.CN(C)B1B(N(C)C)N(c2ccccc2)[C](=[Pt])N1c1[c-]cccc1. The van der Waals surface area contributed by atoms with E-state index in [1.54, 1.807) is 13.8 Å². The van der Waals surface area contributed by atoms with Gasteiger partial charge in [0.15, 0.2) is 0 Å². The van der Waals surface area contributed by atoms with Crippen molar-refractivity contribution < 1.29 is 29.6 Å². The maximum atomic E-state index is 8.56. The first-order valence-electron chi connectivity index (χ1n) is 10.4. The van der Waals surface area contributed by atoms with Gasteiger partial charge in [0.2, 0.25) is 0 Å². The molecule has 170 valence electrons. The Morgan fingerprint density at radius 2 is 1.39 bits per heavy atom. The topological polar surface area (TPSA) is 53.4 Å². The van der Waals surface area contributed by atoms with Gasteiger partial charge in [-0.25, -0.2) is 0 Å². The molecule has 1 aliphatic heterocycles. The summed E-state index contributed by atoms with van der Waals surface area (Å²) in [6.45, 7) is 3.70. The van der Waals surface area contributed by atoms with Crippen molar-refractivity contribution in [3.05, 3.63) is 60.7 Å². The molecule has 3 rings (SSSR count). The molecule has 2 unspecified atom stereocenters. The van der Waals surface area contributed by atoms with Crippen LogP contribution >= 0.6 is 0 Å². The van der Waals surface area contributed by atoms with Gasteiger partial charge in [-0.3, -0.25) is 0 Å². The number of hydrogen-bond donors (Lipinski definition) is 2. The molecule has 9 heteroatoms. The number of aliphatic hydroxyl groups excluding tert-OH is 2.